The molecule has 0 saturated heterocycles. The molecule has 0 heterocycles. The van der Waals surface area contributed by atoms with Gasteiger partial charge in [0.05, 0.1) is 13.2 Å². The number of amides is 1. The highest BCUT2D eigenvalue weighted by atomic mass is 16.5. The van der Waals surface area contributed by atoms with E-state index in [1.54, 1.807) is 66.7 Å². The van der Waals surface area contributed by atoms with E-state index in [0.29, 0.717) is 16.9 Å². The number of para-hydroxylation sites is 1. The van der Waals surface area contributed by atoms with Crippen LogP contribution in [0.5, 0.6) is 11.5 Å². The largest absolute Gasteiger partial charge is 0.497 e. The van der Waals surface area contributed by atoms with Crippen molar-refractivity contribution in [1.29, 1.82) is 5.41 Å². The molecule has 9 heteroatoms. The van der Waals surface area contributed by atoms with Crippen LogP contribution in [0.3, 0.4) is 0 Å². The standard InChI is InChI=1S/C26H25N3O6/c1-34-19-13-11-16(12-14-19)21(29-25(31)18-9-7-17(8-10-18)24(27)28)15-22(30)23(26(32)33)35-20-5-3-2-4-6-20/h2-14,21,23H,15H2,1H3,(H3,27,28)(H,29,31)(H,32,33). The summed E-state index contributed by atoms with van der Waals surface area (Å²) in [4.78, 5) is 37.7. The van der Waals surface area contributed by atoms with Gasteiger partial charge in [-0.3, -0.25) is 15.0 Å². The van der Waals surface area contributed by atoms with E-state index in [-0.39, 0.29) is 23.6 Å². The monoisotopic (exact) mass is 475 g/mol. The van der Waals surface area contributed by atoms with Crippen LogP contribution in [0, 0.1) is 5.41 Å². The van der Waals surface area contributed by atoms with Crippen LogP contribution in [0.4, 0.5) is 0 Å². The Bertz CT molecular complexity index is 1190. The number of hydrogen-bond donors (Lipinski definition) is 4. The lowest BCUT2D eigenvalue weighted by Crippen LogP contribution is -2.39. The summed E-state index contributed by atoms with van der Waals surface area (Å²) in [6.45, 7) is 0. The van der Waals surface area contributed by atoms with E-state index >= 15 is 0 Å². The van der Waals surface area contributed by atoms with Crippen LogP contribution in [0.1, 0.15) is 33.9 Å². The minimum atomic E-state index is -1.75. The average Bonchev–Trinajstić information content (AvgIpc) is 2.87. The molecule has 0 aliphatic carbocycles. The number of aliphatic carboxylic acids is 1. The Hall–Kier alpha value is -4.66. The van der Waals surface area contributed by atoms with E-state index in [4.69, 9.17) is 20.6 Å². The Kier molecular flexibility index (Phi) is 8.18. The lowest BCUT2D eigenvalue weighted by atomic mass is 9.98. The van der Waals surface area contributed by atoms with Gasteiger partial charge in [0.1, 0.15) is 17.3 Å². The van der Waals surface area contributed by atoms with Crippen molar-refractivity contribution in [3.63, 3.8) is 0 Å². The summed E-state index contributed by atoms with van der Waals surface area (Å²) < 4.78 is 10.6. The van der Waals surface area contributed by atoms with Gasteiger partial charge in [0.15, 0.2) is 5.78 Å². The number of ether oxygens (including phenoxy) is 2. The fraction of sp³-hybridized carbons (Fsp3) is 0.154. The maximum Gasteiger partial charge on any atom is 0.352 e. The highest BCUT2D eigenvalue weighted by Gasteiger charge is 2.31. The minimum Gasteiger partial charge on any atom is -0.497 e. The minimum absolute atomic E-state index is 0.128. The Balaban J connectivity index is 1.84. The molecule has 1 amide bonds. The number of ketones is 1. The van der Waals surface area contributed by atoms with Gasteiger partial charge in [-0.1, -0.05) is 42.5 Å². The first-order chi connectivity index (χ1) is 16.8. The van der Waals surface area contributed by atoms with Gasteiger partial charge in [0.2, 0.25) is 0 Å². The average molecular weight is 476 g/mol. The van der Waals surface area contributed by atoms with Gasteiger partial charge in [-0.25, -0.2) is 4.79 Å². The second-order valence-electron chi connectivity index (χ2n) is 7.61. The topological polar surface area (TPSA) is 152 Å². The molecule has 0 aromatic heterocycles. The van der Waals surface area contributed by atoms with Crippen LogP contribution in [0.2, 0.25) is 0 Å². The van der Waals surface area contributed by atoms with Crippen molar-refractivity contribution in [3.05, 3.63) is 95.6 Å². The molecule has 3 rings (SSSR count). The Morgan fingerprint density at radius 3 is 2.06 bits per heavy atom. The number of carboxylic acid groups (broad SMARTS) is 1. The van der Waals surface area contributed by atoms with Crippen molar-refractivity contribution in [2.75, 3.05) is 7.11 Å². The number of hydrogen-bond acceptors (Lipinski definition) is 6. The van der Waals surface area contributed by atoms with Crippen molar-refractivity contribution in [2.45, 2.75) is 18.6 Å². The number of nitrogens with two attached hydrogens (primary N) is 1. The summed E-state index contributed by atoms with van der Waals surface area (Å²) >= 11 is 0. The normalized spacial score (nSPS) is 12.1. The van der Waals surface area contributed by atoms with Gasteiger partial charge in [-0.15, -0.1) is 0 Å². The second-order valence-corrected chi connectivity index (χ2v) is 7.61. The zero-order chi connectivity index (χ0) is 25.4. The number of carboxylic acids is 1. The van der Waals surface area contributed by atoms with Gasteiger partial charge < -0.3 is 25.6 Å². The first kappa shape index (κ1) is 25.0. The number of rotatable bonds is 11. The third kappa shape index (κ3) is 6.67. The van der Waals surface area contributed by atoms with E-state index < -0.39 is 29.8 Å². The molecular weight excluding hydrogens is 450 g/mol. The number of Topliss-reactive ketones (excluding diaryl/α,β-unsaturated/α-hetero) is 1. The number of nitrogens with one attached hydrogen (secondary N) is 2. The highest BCUT2D eigenvalue weighted by Crippen LogP contribution is 2.23. The van der Waals surface area contributed by atoms with Gasteiger partial charge in [-0.05, 0) is 42.0 Å². The summed E-state index contributed by atoms with van der Waals surface area (Å²) in [5, 5.41) is 19.9. The number of carbonyl (C=O) groups is 3. The molecule has 0 aliphatic heterocycles. The molecule has 0 radical (unpaired) electrons. The molecule has 3 aromatic carbocycles. The Labute approximate surface area is 202 Å². The van der Waals surface area contributed by atoms with Crippen molar-refractivity contribution >= 4 is 23.5 Å². The molecule has 35 heavy (non-hydrogen) atoms. The summed E-state index contributed by atoms with van der Waals surface area (Å²) in [6.07, 6.45) is -2.07. The molecule has 2 unspecified atom stereocenters. The maximum atomic E-state index is 13.0. The SMILES string of the molecule is COc1ccc(C(CC(=O)C(Oc2ccccc2)C(=O)O)NC(=O)c2ccc(C(=N)N)cc2)cc1. The number of nitrogen functional groups attached to an aromatic ring is 1. The Morgan fingerprint density at radius 2 is 1.51 bits per heavy atom. The fourth-order valence-corrected chi connectivity index (χ4v) is 3.33. The summed E-state index contributed by atoms with van der Waals surface area (Å²) in [6, 6.07) is 20.2. The van der Waals surface area contributed by atoms with Crippen LogP contribution in [-0.4, -0.2) is 41.8 Å². The predicted octanol–water partition coefficient (Wildman–Crippen LogP) is 2.94. The molecular formula is C26H25N3O6. The van der Waals surface area contributed by atoms with E-state index in [2.05, 4.69) is 5.32 Å². The van der Waals surface area contributed by atoms with Crippen LogP contribution in [-0.2, 0) is 9.59 Å². The molecule has 180 valence electrons. The van der Waals surface area contributed by atoms with Gasteiger partial charge >= 0.3 is 5.97 Å². The predicted molar refractivity (Wildman–Crippen MR) is 129 cm³/mol. The molecule has 9 nitrogen and oxygen atoms in total. The van der Waals surface area contributed by atoms with Gasteiger partial charge in [0.25, 0.3) is 12.0 Å². The van der Waals surface area contributed by atoms with Crippen molar-refractivity contribution in [2.24, 2.45) is 5.73 Å². The zero-order valence-corrected chi connectivity index (χ0v) is 18.9. The van der Waals surface area contributed by atoms with Gasteiger partial charge in [0, 0.05) is 17.5 Å². The lowest BCUT2D eigenvalue weighted by Gasteiger charge is -2.21. The third-order valence-electron chi connectivity index (χ3n) is 5.20. The van der Waals surface area contributed by atoms with E-state index in [0.717, 1.165) is 0 Å². The summed E-state index contributed by atoms with van der Waals surface area (Å²) in [5.74, 6) is -1.93. The van der Waals surface area contributed by atoms with Crippen LogP contribution >= 0.6 is 0 Å². The van der Waals surface area contributed by atoms with E-state index in [9.17, 15) is 19.5 Å². The van der Waals surface area contributed by atoms with Crippen molar-refractivity contribution in [3.8, 4) is 11.5 Å². The lowest BCUT2D eigenvalue weighted by molar-refractivity contribution is -0.150. The Morgan fingerprint density at radius 1 is 0.914 bits per heavy atom. The van der Waals surface area contributed by atoms with Gasteiger partial charge in [-0.2, -0.15) is 0 Å². The molecule has 3 aromatic rings. The second kappa shape index (κ2) is 11.5. The molecule has 2 atom stereocenters. The fourth-order valence-electron chi connectivity index (χ4n) is 3.33. The first-order valence-corrected chi connectivity index (χ1v) is 10.6. The van der Waals surface area contributed by atoms with Crippen molar-refractivity contribution < 1.29 is 29.0 Å². The first-order valence-electron chi connectivity index (χ1n) is 10.6. The van der Waals surface area contributed by atoms with Crippen molar-refractivity contribution in [1.82, 2.24) is 5.32 Å². The number of amidine groups is 1. The molecule has 0 aliphatic rings. The molecule has 0 fully saturated rings. The molecule has 0 spiro atoms. The van der Waals surface area contributed by atoms with Crippen LogP contribution in [0.15, 0.2) is 78.9 Å². The summed E-state index contributed by atoms with van der Waals surface area (Å²) in [5.41, 5.74) is 6.79. The number of methoxy groups -OCH3 is 1. The number of carbonyl (C=O) groups excluding carboxylic acids is 2. The maximum absolute atomic E-state index is 13.0. The van der Waals surface area contributed by atoms with E-state index in [1.165, 1.54) is 19.2 Å². The molecule has 0 saturated carbocycles. The highest BCUT2D eigenvalue weighted by molar-refractivity contribution is 6.02. The quantitative estimate of drug-likeness (QED) is 0.189. The molecule has 5 N–H and O–H groups in total. The summed E-state index contributed by atoms with van der Waals surface area (Å²) in [7, 11) is 1.51. The molecule has 0 bridgehead atoms. The van der Waals surface area contributed by atoms with E-state index in [1.807, 2.05) is 0 Å². The zero-order valence-electron chi connectivity index (χ0n) is 18.9. The number of benzene rings is 3. The van der Waals surface area contributed by atoms with Crippen LogP contribution in [0.25, 0.3) is 0 Å². The smallest absolute Gasteiger partial charge is 0.352 e. The third-order valence-corrected chi connectivity index (χ3v) is 5.20. The van der Waals surface area contributed by atoms with Crippen LogP contribution < -0.4 is 20.5 Å².